The highest BCUT2D eigenvalue weighted by molar-refractivity contribution is 5.32. The average molecular weight is 257 g/mol. The van der Waals surface area contributed by atoms with E-state index in [1.54, 1.807) is 6.07 Å². The van der Waals surface area contributed by atoms with Gasteiger partial charge in [0.05, 0.1) is 0 Å². The van der Waals surface area contributed by atoms with Crippen molar-refractivity contribution in [3.8, 4) is 0 Å². The second kappa shape index (κ2) is 5.54. The summed E-state index contributed by atoms with van der Waals surface area (Å²) in [5, 5.41) is 0. The van der Waals surface area contributed by atoms with Crippen molar-refractivity contribution in [3.05, 3.63) is 71.0 Å². The fourth-order valence-electron chi connectivity index (χ4n) is 2.50. The van der Waals surface area contributed by atoms with E-state index in [-0.39, 0.29) is 11.2 Å². The summed E-state index contributed by atoms with van der Waals surface area (Å²) < 4.78 is 14.0. The summed E-state index contributed by atoms with van der Waals surface area (Å²) in [7, 11) is 0. The molecule has 1 atom stereocenters. The Labute approximate surface area is 114 Å². The molecule has 0 saturated heterocycles. The number of hydrogen-bond acceptors (Lipinski definition) is 1. The zero-order chi connectivity index (χ0) is 13.9. The van der Waals surface area contributed by atoms with Crippen molar-refractivity contribution in [1.29, 1.82) is 0 Å². The molecule has 1 unspecified atom stereocenters. The third kappa shape index (κ3) is 3.02. The third-order valence-electron chi connectivity index (χ3n) is 3.65. The Kier molecular flexibility index (Phi) is 4.01. The molecular formula is C17H20FN. The van der Waals surface area contributed by atoms with Crippen LogP contribution in [0.15, 0.2) is 48.5 Å². The van der Waals surface area contributed by atoms with E-state index in [2.05, 4.69) is 25.1 Å². The van der Waals surface area contributed by atoms with Crippen LogP contribution in [0.25, 0.3) is 0 Å². The lowest BCUT2D eigenvalue weighted by molar-refractivity contribution is 0.450. The first kappa shape index (κ1) is 13.8. The summed E-state index contributed by atoms with van der Waals surface area (Å²) in [6, 6.07) is 15.2. The highest BCUT2D eigenvalue weighted by Gasteiger charge is 2.28. The Hall–Kier alpha value is -1.67. The summed E-state index contributed by atoms with van der Waals surface area (Å²) in [5.74, 6) is -0.178. The van der Waals surface area contributed by atoms with E-state index in [9.17, 15) is 4.39 Å². The molecule has 100 valence electrons. The maximum atomic E-state index is 14.0. The van der Waals surface area contributed by atoms with Gasteiger partial charge in [0, 0.05) is 12.0 Å². The van der Waals surface area contributed by atoms with E-state index in [4.69, 9.17) is 5.73 Å². The van der Waals surface area contributed by atoms with Crippen molar-refractivity contribution in [2.75, 3.05) is 6.54 Å². The topological polar surface area (TPSA) is 26.0 Å². The lowest BCUT2D eigenvalue weighted by atomic mass is 9.77. The van der Waals surface area contributed by atoms with Gasteiger partial charge in [-0.1, -0.05) is 55.0 Å². The molecule has 0 aliphatic heterocycles. The number of halogens is 1. The minimum absolute atomic E-state index is 0.178. The van der Waals surface area contributed by atoms with Gasteiger partial charge in [-0.15, -0.1) is 0 Å². The highest BCUT2D eigenvalue weighted by Crippen LogP contribution is 2.29. The maximum absolute atomic E-state index is 14.0. The van der Waals surface area contributed by atoms with Gasteiger partial charge in [-0.25, -0.2) is 4.39 Å². The van der Waals surface area contributed by atoms with Crippen LogP contribution in [0.2, 0.25) is 0 Å². The molecule has 0 radical (unpaired) electrons. The van der Waals surface area contributed by atoms with Crippen molar-refractivity contribution >= 4 is 0 Å². The van der Waals surface area contributed by atoms with Crippen LogP contribution in [0.4, 0.5) is 4.39 Å². The normalized spacial score (nSPS) is 14.1. The molecule has 0 heterocycles. The maximum Gasteiger partial charge on any atom is 0.127 e. The molecule has 2 heteroatoms. The van der Waals surface area contributed by atoms with Gasteiger partial charge in [-0.05, 0) is 30.5 Å². The summed E-state index contributed by atoms with van der Waals surface area (Å²) >= 11 is 0. The van der Waals surface area contributed by atoms with Gasteiger partial charge in [0.25, 0.3) is 0 Å². The average Bonchev–Trinajstić information content (AvgIpc) is 2.39. The Morgan fingerprint density at radius 2 is 1.84 bits per heavy atom. The van der Waals surface area contributed by atoms with E-state index >= 15 is 0 Å². The highest BCUT2D eigenvalue weighted by atomic mass is 19.1. The quantitative estimate of drug-likeness (QED) is 0.890. The minimum atomic E-state index is -0.376. The number of nitrogens with two attached hydrogens (primary N) is 1. The second-order valence-corrected chi connectivity index (χ2v) is 5.41. The molecule has 0 fully saturated rings. The van der Waals surface area contributed by atoms with Crippen molar-refractivity contribution in [3.63, 3.8) is 0 Å². The molecule has 2 aromatic rings. The van der Waals surface area contributed by atoms with Crippen LogP contribution in [0, 0.1) is 12.7 Å². The van der Waals surface area contributed by atoms with Crippen LogP contribution < -0.4 is 5.73 Å². The molecule has 1 nitrogen and oxygen atoms in total. The second-order valence-electron chi connectivity index (χ2n) is 5.41. The molecule has 0 spiro atoms. The molecule has 0 aliphatic rings. The van der Waals surface area contributed by atoms with Crippen LogP contribution in [0.5, 0.6) is 0 Å². The van der Waals surface area contributed by atoms with Gasteiger partial charge in [-0.3, -0.25) is 0 Å². The number of hydrogen-bond donors (Lipinski definition) is 1. The van der Waals surface area contributed by atoms with E-state index in [1.165, 1.54) is 17.2 Å². The molecule has 2 rings (SSSR count). The van der Waals surface area contributed by atoms with Crippen LogP contribution in [0.1, 0.15) is 23.6 Å². The standard InChI is InChI=1S/C17H20FN/c1-13-6-5-7-14(10-13)11-17(2,12-19)15-8-3-4-9-16(15)18/h3-10H,11-12,19H2,1-2H3. The fraction of sp³-hybridized carbons (Fsp3) is 0.294. The van der Waals surface area contributed by atoms with Gasteiger partial charge < -0.3 is 5.73 Å². The molecular weight excluding hydrogens is 237 g/mol. The molecule has 0 bridgehead atoms. The molecule has 0 aromatic heterocycles. The van der Waals surface area contributed by atoms with E-state index in [0.29, 0.717) is 12.1 Å². The SMILES string of the molecule is Cc1cccc(CC(C)(CN)c2ccccc2F)c1. The van der Waals surface area contributed by atoms with Gasteiger partial charge in [0.2, 0.25) is 0 Å². The van der Waals surface area contributed by atoms with Crippen LogP contribution in [-0.2, 0) is 11.8 Å². The van der Waals surface area contributed by atoms with E-state index in [1.807, 2.05) is 25.1 Å². The Bertz CT molecular complexity index is 565. The first-order chi connectivity index (χ1) is 9.05. The summed E-state index contributed by atoms with van der Waals surface area (Å²) in [6.45, 7) is 4.50. The summed E-state index contributed by atoms with van der Waals surface area (Å²) in [6.07, 6.45) is 0.742. The molecule has 0 amide bonds. The fourth-order valence-corrected chi connectivity index (χ4v) is 2.50. The predicted octanol–water partition coefficient (Wildman–Crippen LogP) is 3.59. The lowest BCUT2D eigenvalue weighted by Gasteiger charge is -2.29. The van der Waals surface area contributed by atoms with E-state index < -0.39 is 0 Å². The van der Waals surface area contributed by atoms with Crippen LogP contribution >= 0.6 is 0 Å². The molecule has 19 heavy (non-hydrogen) atoms. The number of benzene rings is 2. The molecule has 0 aliphatic carbocycles. The van der Waals surface area contributed by atoms with Crippen molar-refractivity contribution in [1.82, 2.24) is 0 Å². The lowest BCUT2D eigenvalue weighted by Crippen LogP contribution is -2.35. The largest absolute Gasteiger partial charge is 0.330 e. The molecule has 0 saturated carbocycles. The smallest absolute Gasteiger partial charge is 0.127 e. The minimum Gasteiger partial charge on any atom is -0.330 e. The first-order valence-electron chi connectivity index (χ1n) is 6.56. The zero-order valence-corrected chi connectivity index (χ0v) is 11.5. The summed E-state index contributed by atoms with van der Waals surface area (Å²) in [5.41, 5.74) is 8.65. The summed E-state index contributed by atoms with van der Waals surface area (Å²) in [4.78, 5) is 0. The van der Waals surface area contributed by atoms with Crippen molar-refractivity contribution in [2.45, 2.75) is 25.7 Å². The monoisotopic (exact) mass is 257 g/mol. The van der Waals surface area contributed by atoms with E-state index in [0.717, 1.165) is 6.42 Å². The predicted molar refractivity (Wildman–Crippen MR) is 77.7 cm³/mol. The van der Waals surface area contributed by atoms with Gasteiger partial charge in [0.1, 0.15) is 5.82 Å². The molecule has 2 aromatic carbocycles. The number of rotatable bonds is 4. The van der Waals surface area contributed by atoms with Crippen LogP contribution in [-0.4, -0.2) is 6.54 Å². The van der Waals surface area contributed by atoms with Gasteiger partial charge in [-0.2, -0.15) is 0 Å². The molecule has 2 N–H and O–H groups in total. The Morgan fingerprint density at radius 3 is 2.47 bits per heavy atom. The van der Waals surface area contributed by atoms with Gasteiger partial charge >= 0.3 is 0 Å². The van der Waals surface area contributed by atoms with Crippen molar-refractivity contribution in [2.24, 2.45) is 5.73 Å². The van der Waals surface area contributed by atoms with Crippen LogP contribution in [0.3, 0.4) is 0 Å². The van der Waals surface area contributed by atoms with Gasteiger partial charge in [0.15, 0.2) is 0 Å². The first-order valence-corrected chi connectivity index (χ1v) is 6.56. The van der Waals surface area contributed by atoms with Crippen molar-refractivity contribution < 1.29 is 4.39 Å². The Balaban J connectivity index is 2.36. The number of aryl methyl sites for hydroxylation is 1. The zero-order valence-electron chi connectivity index (χ0n) is 11.5. The third-order valence-corrected chi connectivity index (χ3v) is 3.65. The Morgan fingerprint density at radius 1 is 1.11 bits per heavy atom.